The quantitative estimate of drug-likeness (QED) is 0.822. The molecule has 1 aromatic heterocycles. The molecule has 100 valence electrons. The second-order valence-corrected chi connectivity index (χ2v) is 5.45. The third kappa shape index (κ3) is 3.19. The third-order valence-electron chi connectivity index (χ3n) is 3.43. The van der Waals surface area contributed by atoms with Gasteiger partial charge in [0.25, 0.3) is 0 Å². The fourth-order valence-electron chi connectivity index (χ4n) is 2.39. The van der Waals surface area contributed by atoms with Gasteiger partial charge in [0, 0.05) is 24.0 Å². The summed E-state index contributed by atoms with van der Waals surface area (Å²) < 4.78 is 4.21. The first-order valence-corrected chi connectivity index (χ1v) is 7.30. The summed E-state index contributed by atoms with van der Waals surface area (Å²) in [5.74, 6) is -0.181. The summed E-state index contributed by atoms with van der Waals surface area (Å²) in [7, 11) is 0. The Morgan fingerprint density at radius 1 is 1.44 bits per heavy atom. The molecule has 0 radical (unpaired) electrons. The Labute approximate surface area is 111 Å². The van der Waals surface area contributed by atoms with Crippen LogP contribution in [-0.2, 0) is 11.2 Å². The van der Waals surface area contributed by atoms with Crippen molar-refractivity contribution in [1.82, 2.24) is 9.36 Å². The van der Waals surface area contributed by atoms with E-state index in [1.54, 1.807) is 0 Å². The summed E-state index contributed by atoms with van der Waals surface area (Å²) in [5, 5.41) is 13.3. The molecule has 1 aliphatic carbocycles. The highest BCUT2D eigenvalue weighted by Gasteiger charge is 2.30. The number of aryl methyl sites for hydroxylation is 1. The fraction of sp³-hybridized carbons (Fsp3) is 0.750. The topological polar surface area (TPSA) is 75.1 Å². The number of anilines is 1. The third-order valence-corrected chi connectivity index (χ3v) is 4.11. The highest BCUT2D eigenvalue weighted by molar-refractivity contribution is 7.09. The van der Waals surface area contributed by atoms with E-state index in [-0.39, 0.29) is 12.0 Å². The van der Waals surface area contributed by atoms with Gasteiger partial charge in [-0.25, -0.2) is 4.98 Å². The van der Waals surface area contributed by atoms with Crippen LogP contribution in [0, 0.1) is 5.92 Å². The Bertz CT molecular complexity index is 408. The van der Waals surface area contributed by atoms with Crippen molar-refractivity contribution >= 4 is 22.6 Å². The number of carbonyl (C=O) groups is 1. The van der Waals surface area contributed by atoms with E-state index in [0.29, 0.717) is 0 Å². The molecule has 0 bridgehead atoms. The van der Waals surface area contributed by atoms with E-state index in [2.05, 4.69) is 14.7 Å². The smallest absolute Gasteiger partial charge is 0.308 e. The molecule has 0 aromatic carbocycles. The van der Waals surface area contributed by atoms with Crippen molar-refractivity contribution in [3.05, 3.63) is 5.82 Å². The molecule has 0 saturated heterocycles. The summed E-state index contributed by atoms with van der Waals surface area (Å²) in [5.41, 5.74) is 0. The normalized spacial score (nSPS) is 24.5. The maximum atomic E-state index is 11.3. The van der Waals surface area contributed by atoms with Gasteiger partial charge in [-0.15, -0.1) is 0 Å². The monoisotopic (exact) mass is 269 g/mol. The van der Waals surface area contributed by atoms with E-state index in [0.717, 1.165) is 49.5 Å². The maximum Gasteiger partial charge on any atom is 0.308 e. The van der Waals surface area contributed by atoms with Gasteiger partial charge in [0.1, 0.15) is 5.82 Å². The molecule has 6 heteroatoms. The van der Waals surface area contributed by atoms with Crippen LogP contribution in [0.15, 0.2) is 0 Å². The van der Waals surface area contributed by atoms with Gasteiger partial charge < -0.3 is 10.4 Å². The molecule has 1 fully saturated rings. The summed E-state index contributed by atoms with van der Waals surface area (Å²) in [6.07, 6.45) is 5.68. The number of aliphatic carboxylic acids is 1. The molecule has 0 spiro atoms. The van der Waals surface area contributed by atoms with E-state index < -0.39 is 5.97 Å². The van der Waals surface area contributed by atoms with Crippen LogP contribution >= 0.6 is 11.5 Å². The highest BCUT2D eigenvalue weighted by Crippen LogP contribution is 2.27. The standard InChI is InChI=1S/C12H19N3O2S/c1-2-10-14-12(18-15-10)13-9-7-5-3-4-6-8(9)11(16)17/h8-9H,2-7H2,1H3,(H,16,17)(H,13,14,15). The second kappa shape index (κ2) is 6.13. The van der Waals surface area contributed by atoms with Crippen LogP contribution in [0.2, 0.25) is 0 Å². The van der Waals surface area contributed by atoms with Crippen LogP contribution in [0.25, 0.3) is 0 Å². The number of nitrogens with one attached hydrogen (secondary N) is 1. The fourth-order valence-corrected chi connectivity index (χ4v) is 3.10. The van der Waals surface area contributed by atoms with Crippen molar-refractivity contribution in [3.63, 3.8) is 0 Å². The molecule has 2 rings (SSSR count). The molecular weight excluding hydrogens is 250 g/mol. The molecular formula is C12H19N3O2S. The lowest BCUT2D eigenvalue weighted by Crippen LogP contribution is -2.33. The van der Waals surface area contributed by atoms with Crippen molar-refractivity contribution in [2.75, 3.05) is 5.32 Å². The van der Waals surface area contributed by atoms with E-state index in [4.69, 9.17) is 0 Å². The summed E-state index contributed by atoms with van der Waals surface area (Å²) in [6, 6.07) is -0.0114. The largest absolute Gasteiger partial charge is 0.481 e. The molecule has 1 heterocycles. The van der Waals surface area contributed by atoms with E-state index in [1.807, 2.05) is 6.92 Å². The van der Waals surface area contributed by atoms with Crippen LogP contribution in [-0.4, -0.2) is 26.5 Å². The van der Waals surface area contributed by atoms with Gasteiger partial charge in [0.05, 0.1) is 5.92 Å². The Kier molecular flexibility index (Phi) is 4.52. The second-order valence-electron chi connectivity index (χ2n) is 4.70. The van der Waals surface area contributed by atoms with Crippen LogP contribution in [0.1, 0.15) is 44.9 Å². The average Bonchev–Trinajstić information content (AvgIpc) is 2.66. The zero-order valence-electron chi connectivity index (χ0n) is 10.6. The molecule has 1 aliphatic rings. The lowest BCUT2D eigenvalue weighted by atomic mass is 9.95. The van der Waals surface area contributed by atoms with Crippen molar-refractivity contribution in [2.45, 2.75) is 51.5 Å². The number of nitrogens with zero attached hydrogens (tertiary/aromatic N) is 2. The number of aromatic nitrogens is 2. The lowest BCUT2D eigenvalue weighted by Gasteiger charge is -2.22. The van der Waals surface area contributed by atoms with Gasteiger partial charge >= 0.3 is 5.97 Å². The Morgan fingerprint density at radius 2 is 2.22 bits per heavy atom. The Balaban J connectivity index is 2.05. The molecule has 2 N–H and O–H groups in total. The van der Waals surface area contributed by atoms with Crippen LogP contribution in [0.3, 0.4) is 0 Å². The van der Waals surface area contributed by atoms with E-state index in [1.165, 1.54) is 11.5 Å². The first-order valence-electron chi connectivity index (χ1n) is 6.52. The van der Waals surface area contributed by atoms with E-state index in [9.17, 15) is 9.90 Å². The first kappa shape index (κ1) is 13.3. The van der Waals surface area contributed by atoms with Gasteiger partial charge in [-0.1, -0.05) is 26.2 Å². The average molecular weight is 269 g/mol. The lowest BCUT2D eigenvalue weighted by molar-refractivity contribution is -0.142. The molecule has 0 aliphatic heterocycles. The van der Waals surface area contributed by atoms with Crippen LogP contribution < -0.4 is 5.32 Å². The molecule has 1 aromatic rings. The molecule has 2 atom stereocenters. The maximum absolute atomic E-state index is 11.3. The summed E-state index contributed by atoms with van der Waals surface area (Å²) in [6.45, 7) is 2.01. The summed E-state index contributed by atoms with van der Waals surface area (Å²) in [4.78, 5) is 15.6. The molecule has 5 nitrogen and oxygen atoms in total. The number of carboxylic acids is 1. The van der Waals surface area contributed by atoms with Crippen molar-refractivity contribution in [3.8, 4) is 0 Å². The van der Waals surface area contributed by atoms with Gasteiger partial charge in [-0.3, -0.25) is 4.79 Å². The minimum atomic E-state index is -0.699. The highest BCUT2D eigenvalue weighted by atomic mass is 32.1. The zero-order valence-corrected chi connectivity index (χ0v) is 11.4. The van der Waals surface area contributed by atoms with Gasteiger partial charge in [-0.05, 0) is 12.8 Å². The van der Waals surface area contributed by atoms with Crippen molar-refractivity contribution < 1.29 is 9.90 Å². The molecule has 0 amide bonds. The number of hydrogen-bond donors (Lipinski definition) is 2. The SMILES string of the molecule is CCc1nsc(NC2CCCCCC2C(=O)O)n1. The minimum absolute atomic E-state index is 0.0114. The minimum Gasteiger partial charge on any atom is -0.481 e. The molecule has 1 saturated carbocycles. The Morgan fingerprint density at radius 3 is 2.89 bits per heavy atom. The first-order chi connectivity index (χ1) is 8.70. The molecule has 18 heavy (non-hydrogen) atoms. The summed E-state index contributed by atoms with van der Waals surface area (Å²) >= 11 is 1.32. The van der Waals surface area contributed by atoms with Crippen LogP contribution in [0.4, 0.5) is 5.13 Å². The number of carboxylic acid groups (broad SMARTS) is 1. The number of hydrogen-bond acceptors (Lipinski definition) is 5. The van der Waals surface area contributed by atoms with Gasteiger partial charge in [0.2, 0.25) is 5.13 Å². The van der Waals surface area contributed by atoms with Gasteiger partial charge in [-0.2, -0.15) is 4.37 Å². The molecule has 2 unspecified atom stereocenters. The zero-order chi connectivity index (χ0) is 13.0. The Hall–Kier alpha value is -1.17. The van der Waals surface area contributed by atoms with Crippen molar-refractivity contribution in [1.29, 1.82) is 0 Å². The van der Waals surface area contributed by atoms with E-state index >= 15 is 0 Å². The van der Waals surface area contributed by atoms with Gasteiger partial charge in [0.15, 0.2) is 0 Å². The van der Waals surface area contributed by atoms with Crippen LogP contribution in [0.5, 0.6) is 0 Å². The predicted octanol–water partition coefficient (Wildman–Crippen LogP) is 2.55. The number of rotatable bonds is 4. The van der Waals surface area contributed by atoms with Crippen molar-refractivity contribution in [2.24, 2.45) is 5.92 Å². The predicted molar refractivity (Wildman–Crippen MR) is 70.9 cm³/mol.